The number of H-pyrrole nitrogens is 1. The highest BCUT2D eigenvalue weighted by atomic mass is 19.4. The molecule has 0 unspecified atom stereocenters. The van der Waals surface area contributed by atoms with Crippen LogP contribution >= 0.6 is 0 Å². The normalized spacial score (nSPS) is 15.7. The fraction of sp³-hybridized carbons (Fsp3) is 0.500. The highest BCUT2D eigenvalue weighted by Crippen LogP contribution is 2.37. The summed E-state index contributed by atoms with van der Waals surface area (Å²) < 4.78 is 39.8. The summed E-state index contributed by atoms with van der Waals surface area (Å²) in [7, 11) is 1.77. The largest absolute Gasteiger partial charge is 0.418 e. The molecular weight excluding hydrogens is 369 g/mol. The minimum absolute atomic E-state index is 0.00161. The van der Waals surface area contributed by atoms with Gasteiger partial charge in [0.05, 0.1) is 17.7 Å². The highest BCUT2D eigenvalue weighted by Gasteiger charge is 2.35. The van der Waals surface area contributed by atoms with Crippen molar-refractivity contribution in [1.29, 1.82) is 0 Å². The summed E-state index contributed by atoms with van der Waals surface area (Å²) in [6.07, 6.45) is -2.82. The van der Waals surface area contributed by atoms with E-state index in [9.17, 15) is 18.0 Å². The number of hydrogen-bond donors (Lipinski definition) is 1. The zero-order valence-corrected chi connectivity index (χ0v) is 16.3. The van der Waals surface area contributed by atoms with Crippen LogP contribution in [0, 0.1) is 13.8 Å². The fourth-order valence-electron chi connectivity index (χ4n) is 3.80. The zero-order chi connectivity index (χ0) is 20.5. The predicted molar refractivity (Wildman–Crippen MR) is 101 cm³/mol. The Balaban J connectivity index is 1.63. The molecule has 1 amide bonds. The molecule has 0 aliphatic carbocycles. The number of para-hydroxylation sites is 1. The Bertz CT molecular complexity index is 819. The van der Waals surface area contributed by atoms with Crippen molar-refractivity contribution < 1.29 is 18.0 Å². The van der Waals surface area contributed by atoms with Crippen molar-refractivity contribution in [3.05, 3.63) is 46.8 Å². The first-order chi connectivity index (χ1) is 13.2. The zero-order valence-electron chi connectivity index (χ0n) is 16.3. The van der Waals surface area contributed by atoms with Crippen molar-refractivity contribution in [2.75, 3.05) is 25.0 Å². The summed E-state index contributed by atoms with van der Waals surface area (Å²) in [5.41, 5.74) is 2.22. The topological polar surface area (TPSA) is 52.2 Å². The maximum absolute atomic E-state index is 13.3. The van der Waals surface area contributed by atoms with Gasteiger partial charge in [0.25, 0.3) is 0 Å². The predicted octanol–water partition coefficient (Wildman–Crippen LogP) is 3.72. The highest BCUT2D eigenvalue weighted by molar-refractivity contribution is 5.79. The summed E-state index contributed by atoms with van der Waals surface area (Å²) in [5.74, 6) is 0.00161. The number of carbonyl (C=O) groups is 1. The average Bonchev–Trinajstić information content (AvgIpc) is 2.99. The van der Waals surface area contributed by atoms with E-state index in [-0.39, 0.29) is 24.1 Å². The molecule has 0 radical (unpaired) electrons. The number of aryl methyl sites for hydroxylation is 2. The van der Waals surface area contributed by atoms with Crippen LogP contribution in [-0.2, 0) is 17.4 Å². The molecule has 2 heterocycles. The number of alkyl halides is 3. The lowest BCUT2D eigenvalue weighted by Crippen LogP contribution is -2.46. The van der Waals surface area contributed by atoms with E-state index < -0.39 is 11.7 Å². The van der Waals surface area contributed by atoms with Gasteiger partial charge in [-0.05, 0) is 38.8 Å². The standard InChI is InChI=1S/C20H25F3N4O/c1-13-16(14(2)25-24-13)12-19(28)26(3)15-8-10-27(11-9-15)18-7-5-4-6-17(18)20(21,22)23/h4-7,15H,8-12H2,1-3H3,(H,24,25). The molecule has 0 saturated carbocycles. The molecule has 1 saturated heterocycles. The maximum atomic E-state index is 13.3. The van der Waals surface area contributed by atoms with Gasteiger partial charge in [0.1, 0.15) is 0 Å². The number of nitrogens with one attached hydrogen (secondary N) is 1. The van der Waals surface area contributed by atoms with Gasteiger partial charge in [-0.2, -0.15) is 18.3 Å². The third-order valence-corrected chi connectivity index (χ3v) is 5.56. The lowest BCUT2D eigenvalue weighted by Gasteiger charge is -2.38. The Hall–Kier alpha value is -2.51. The number of nitrogens with zero attached hydrogens (tertiary/aromatic N) is 3. The molecule has 0 spiro atoms. The summed E-state index contributed by atoms with van der Waals surface area (Å²) in [6, 6.07) is 5.69. The molecule has 1 aromatic carbocycles. The Morgan fingerprint density at radius 2 is 1.89 bits per heavy atom. The first-order valence-electron chi connectivity index (χ1n) is 9.35. The number of anilines is 1. The number of piperidine rings is 1. The monoisotopic (exact) mass is 394 g/mol. The number of carbonyl (C=O) groups excluding carboxylic acids is 1. The van der Waals surface area contributed by atoms with Crippen LogP contribution < -0.4 is 4.90 Å². The Kier molecular flexibility index (Phi) is 5.67. The fourth-order valence-corrected chi connectivity index (χ4v) is 3.80. The Morgan fingerprint density at radius 1 is 1.25 bits per heavy atom. The van der Waals surface area contributed by atoms with Crippen LogP contribution in [0.2, 0.25) is 0 Å². The first kappa shape index (κ1) is 20.2. The molecule has 8 heteroatoms. The van der Waals surface area contributed by atoms with Crippen LogP contribution in [0.15, 0.2) is 24.3 Å². The van der Waals surface area contributed by atoms with E-state index >= 15 is 0 Å². The van der Waals surface area contributed by atoms with Crippen molar-refractivity contribution in [2.24, 2.45) is 0 Å². The van der Waals surface area contributed by atoms with Gasteiger partial charge in [0.15, 0.2) is 0 Å². The van der Waals surface area contributed by atoms with Crippen LogP contribution in [0.5, 0.6) is 0 Å². The van der Waals surface area contributed by atoms with Gasteiger partial charge in [0.2, 0.25) is 5.91 Å². The summed E-state index contributed by atoms with van der Waals surface area (Å²) >= 11 is 0. The molecule has 1 aliphatic rings. The van der Waals surface area contributed by atoms with E-state index in [0.717, 1.165) is 23.0 Å². The summed E-state index contributed by atoms with van der Waals surface area (Å²) in [4.78, 5) is 16.2. The first-order valence-corrected chi connectivity index (χ1v) is 9.35. The minimum atomic E-state index is -4.37. The number of halogens is 3. The molecule has 1 N–H and O–H groups in total. The smallest absolute Gasteiger partial charge is 0.371 e. The van der Waals surface area contributed by atoms with Gasteiger partial charge < -0.3 is 9.80 Å². The van der Waals surface area contributed by atoms with Gasteiger partial charge in [0, 0.05) is 43.1 Å². The second kappa shape index (κ2) is 7.85. The van der Waals surface area contributed by atoms with E-state index in [1.807, 2.05) is 13.8 Å². The molecule has 1 aromatic heterocycles. The SMILES string of the molecule is Cc1n[nH]c(C)c1CC(=O)N(C)C1CCN(c2ccccc2C(F)(F)F)CC1. The maximum Gasteiger partial charge on any atom is 0.418 e. The molecule has 2 aromatic rings. The molecule has 5 nitrogen and oxygen atoms in total. The van der Waals surface area contributed by atoms with Gasteiger partial charge in [-0.25, -0.2) is 0 Å². The quantitative estimate of drug-likeness (QED) is 0.860. The number of amides is 1. The van der Waals surface area contributed by atoms with Gasteiger partial charge >= 0.3 is 6.18 Å². The van der Waals surface area contributed by atoms with Crippen LogP contribution in [-0.4, -0.2) is 47.2 Å². The second-order valence-electron chi connectivity index (χ2n) is 7.33. The molecule has 0 bridgehead atoms. The number of hydrogen-bond acceptors (Lipinski definition) is 3. The van der Waals surface area contributed by atoms with Crippen LogP contribution in [0.3, 0.4) is 0 Å². The average molecular weight is 394 g/mol. The second-order valence-corrected chi connectivity index (χ2v) is 7.33. The van der Waals surface area contributed by atoms with E-state index in [2.05, 4.69) is 10.2 Å². The van der Waals surface area contributed by atoms with Crippen LogP contribution in [0.25, 0.3) is 0 Å². The van der Waals surface area contributed by atoms with Gasteiger partial charge in [-0.15, -0.1) is 0 Å². The third-order valence-electron chi connectivity index (χ3n) is 5.56. The van der Waals surface area contributed by atoms with Crippen molar-refractivity contribution in [1.82, 2.24) is 15.1 Å². The molecule has 152 valence electrons. The number of aromatic nitrogens is 2. The lowest BCUT2D eigenvalue weighted by atomic mass is 10.0. The molecular formula is C20H25F3N4O. The van der Waals surface area contributed by atoms with Crippen molar-refractivity contribution in [3.8, 4) is 0 Å². The number of aromatic amines is 1. The van der Waals surface area contributed by atoms with E-state index in [4.69, 9.17) is 0 Å². The minimum Gasteiger partial charge on any atom is -0.371 e. The van der Waals surface area contributed by atoms with E-state index in [1.165, 1.54) is 12.1 Å². The van der Waals surface area contributed by atoms with E-state index in [1.54, 1.807) is 22.9 Å². The van der Waals surface area contributed by atoms with Crippen LogP contribution in [0.1, 0.15) is 35.4 Å². The summed E-state index contributed by atoms with van der Waals surface area (Å²) in [6.45, 7) is 4.72. The van der Waals surface area contributed by atoms with E-state index in [0.29, 0.717) is 25.9 Å². The lowest BCUT2D eigenvalue weighted by molar-refractivity contribution is -0.137. The molecule has 1 fully saturated rings. The van der Waals surface area contributed by atoms with Crippen molar-refractivity contribution in [2.45, 2.75) is 45.3 Å². The molecule has 28 heavy (non-hydrogen) atoms. The summed E-state index contributed by atoms with van der Waals surface area (Å²) in [5, 5.41) is 7.00. The van der Waals surface area contributed by atoms with Gasteiger partial charge in [-0.3, -0.25) is 9.89 Å². The Labute approximate surface area is 162 Å². The molecule has 3 rings (SSSR count). The van der Waals surface area contributed by atoms with Crippen molar-refractivity contribution in [3.63, 3.8) is 0 Å². The number of rotatable bonds is 4. The molecule has 0 atom stereocenters. The number of benzene rings is 1. The van der Waals surface area contributed by atoms with Crippen molar-refractivity contribution >= 4 is 11.6 Å². The third kappa shape index (κ3) is 4.15. The number of likely N-dealkylation sites (N-methyl/N-ethyl adjacent to an activating group) is 1. The molecule has 1 aliphatic heterocycles. The van der Waals surface area contributed by atoms with Crippen LogP contribution in [0.4, 0.5) is 18.9 Å². The van der Waals surface area contributed by atoms with Gasteiger partial charge in [-0.1, -0.05) is 12.1 Å². The Morgan fingerprint density at radius 3 is 2.46 bits per heavy atom.